The van der Waals surface area contributed by atoms with Gasteiger partial charge < -0.3 is 19.5 Å². The Morgan fingerprint density at radius 3 is 2.58 bits per heavy atom. The Bertz CT molecular complexity index is 1920. The molecule has 0 spiro atoms. The van der Waals surface area contributed by atoms with Gasteiger partial charge in [-0.15, -0.1) is 0 Å². The van der Waals surface area contributed by atoms with Crippen molar-refractivity contribution >= 4 is 44.0 Å². The Labute approximate surface area is 230 Å². The van der Waals surface area contributed by atoms with Crippen LogP contribution in [0.5, 0.6) is 17.2 Å². The number of carbonyl (C=O) groups is 1. The Balaban J connectivity index is 1.30. The first kappa shape index (κ1) is 25.4. The molecular weight excluding hydrogens is 506 g/mol. The van der Waals surface area contributed by atoms with E-state index < -0.39 is 0 Å². The van der Waals surface area contributed by atoms with Crippen LogP contribution >= 0.6 is 0 Å². The minimum Gasteiger partial charge on any atom is -0.493 e. The molecule has 0 aliphatic rings. The highest BCUT2D eigenvalue weighted by atomic mass is 16.5. The number of carbonyl (C=O) groups excluding carboxylic acids is 1. The SMILES string of the molecule is COc1ccc2c(c1OC)c(=O)n1c3ccc(OCC(=O)N[C@@H](C)CCc4ccccc4)cc3c3ccnc2c31. The summed E-state index contributed by atoms with van der Waals surface area (Å²) in [5, 5.41) is 5.82. The van der Waals surface area contributed by atoms with Gasteiger partial charge in [0.05, 0.1) is 36.2 Å². The Morgan fingerprint density at radius 1 is 0.975 bits per heavy atom. The lowest BCUT2D eigenvalue weighted by Gasteiger charge is -2.14. The van der Waals surface area contributed by atoms with Gasteiger partial charge in [-0.3, -0.25) is 19.0 Å². The predicted molar refractivity (Wildman–Crippen MR) is 156 cm³/mol. The molecule has 8 heteroatoms. The summed E-state index contributed by atoms with van der Waals surface area (Å²) in [6, 6.07) is 21.2. The molecule has 3 aromatic carbocycles. The lowest BCUT2D eigenvalue weighted by Crippen LogP contribution is -2.36. The average Bonchev–Trinajstić information content (AvgIpc) is 3.32. The molecule has 6 aromatic rings. The lowest BCUT2D eigenvalue weighted by atomic mass is 10.1. The molecule has 1 N–H and O–H groups in total. The van der Waals surface area contributed by atoms with E-state index in [1.165, 1.54) is 12.7 Å². The van der Waals surface area contributed by atoms with Crippen LogP contribution in [-0.4, -0.2) is 42.2 Å². The monoisotopic (exact) mass is 535 g/mol. The third kappa shape index (κ3) is 4.31. The van der Waals surface area contributed by atoms with Gasteiger partial charge in [-0.25, -0.2) is 0 Å². The third-order valence-electron chi connectivity index (χ3n) is 7.35. The van der Waals surface area contributed by atoms with Gasteiger partial charge in [0.2, 0.25) is 0 Å². The molecule has 0 fully saturated rings. The van der Waals surface area contributed by atoms with E-state index in [9.17, 15) is 9.59 Å². The quantitative estimate of drug-likeness (QED) is 0.258. The summed E-state index contributed by atoms with van der Waals surface area (Å²) >= 11 is 0. The molecule has 202 valence electrons. The Hall–Kier alpha value is -4.85. The second-order valence-electron chi connectivity index (χ2n) is 9.88. The maximum atomic E-state index is 13.9. The number of fused-ring (bicyclic) bond motifs is 5. The van der Waals surface area contributed by atoms with Crippen LogP contribution in [0.2, 0.25) is 0 Å². The maximum Gasteiger partial charge on any atom is 0.267 e. The van der Waals surface area contributed by atoms with Crippen LogP contribution in [0.3, 0.4) is 0 Å². The van der Waals surface area contributed by atoms with Crippen molar-refractivity contribution in [3.63, 3.8) is 0 Å². The van der Waals surface area contributed by atoms with Crippen molar-refractivity contribution in [2.24, 2.45) is 0 Å². The van der Waals surface area contributed by atoms with Crippen molar-refractivity contribution in [2.45, 2.75) is 25.8 Å². The number of aromatic nitrogens is 2. The minimum atomic E-state index is -0.219. The van der Waals surface area contributed by atoms with Crippen molar-refractivity contribution in [1.82, 2.24) is 14.7 Å². The minimum absolute atomic E-state index is 0.0209. The fourth-order valence-corrected chi connectivity index (χ4v) is 5.46. The van der Waals surface area contributed by atoms with E-state index in [2.05, 4.69) is 22.4 Å². The fourth-order valence-electron chi connectivity index (χ4n) is 5.46. The molecular formula is C32H29N3O5. The summed E-state index contributed by atoms with van der Waals surface area (Å²) in [6.45, 7) is 1.89. The highest BCUT2D eigenvalue weighted by Crippen LogP contribution is 2.39. The van der Waals surface area contributed by atoms with Gasteiger partial charge in [-0.1, -0.05) is 30.3 Å². The fraction of sp³-hybridized carbons (Fsp3) is 0.219. The molecule has 0 aliphatic carbocycles. The third-order valence-corrected chi connectivity index (χ3v) is 7.35. The van der Waals surface area contributed by atoms with E-state index in [1.54, 1.807) is 29.8 Å². The summed E-state index contributed by atoms with van der Waals surface area (Å²) in [4.78, 5) is 31.1. The van der Waals surface area contributed by atoms with Crippen LogP contribution in [0.1, 0.15) is 18.9 Å². The van der Waals surface area contributed by atoms with Crippen LogP contribution in [0.15, 0.2) is 77.7 Å². The number of pyridine rings is 2. The summed E-state index contributed by atoms with van der Waals surface area (Å²) in [5.41, 5.74) is 3.16. The van der Waals surface area contributed by atoms with Gasteiger partial charge in [0.15, 0.2) is 18.1 Å². The highest BCUT2D eigenvalue weighted by molar-refractivity contribution is 6.19. The second kappa shape index (κ2) is 10.4. The van der Waals surface area contributed by atoms with E-state index in [1.807, 2.05) is 49.4 Å². The zero-order valence-corrected chi connectivity index (χ0v) is 22.6. The number of methoxy groups -OCH3 is 2. The molecule has 6 rings (SSSR count). The molecule has 8 nitrogen and oxygen atoms in total. The highest BCUT2D eigenvalue weighted by Gasteiger charge is 2.22. The number of rotatable bonds is 9. The molecule has 3 aromatic heterocycles. The van der Waals surface area contributed by atoms with Gasteiger partial charge >= 0.3 is 0 Å². The van der Waals surface area contributed by atoms with Gasteiger partial charge in [0.1, 0.15) is 5.75 Å². The molecule has 0 bridgehead atoms. The van der Waals surface area contributed by atoms with Crippen molar-refractivity contribution in [2.75, 3.05) is 20.8 Å². The zero-order chi connectivity index (χ0) is 27.8. The average molecular weight is 536 g/mol. The zero-order valence-electron chi connectivity index (χ0n) is 22.6. The number of aryl methyl sites for hydroxylation is 1. The molecule has 0 aliphatic heterocycles. The van der Waals surface area contributed by atoms with Gasteiger partial charge in [0, 0.05) is 28.4 Å². The van der Waals surface area contributed by atoms with E-state index >= 15 is 0 Å². The number of nitrogens with one attached hydrogen (secondary N) is 1. The normalized spacial score (nSPS) is 12.3. The first-order valence-corrected chi connectivity index (χ1v) is 13.2. The Morgan fingerprint density at radius 2 is 1.80 bits per heavy atom. The molecule has 0 saturated heterocycles. The van der Waals surface area contributed by atoms with Gasteiger partial charge in [0.25, 0.3) is 11.5 Å². The molecule has 1 atom stereocenters. The Kier molecular flexibility index (Phi) is 6.59. The van der Waals surface area contributed by atoms with E-state index in [-0.39, 0.29) is 24.1 Å². The van der Waals surface area contributed by atoms with Crippen molar-refractivity contribution < 1.29 is 19.0 Å². The van der Waals surface area contributed by atoms with Crippen LogP contribution in [-0.2, 0) is 11.2 Å². The van der Waals surface area contributed by atoms with Crippen molar-refractivity contribution in [3.8, 4) is 17.2 Å². The summed E-state index contributed by atoms with van der Waals surface area (Å²) < 4.78 is 18.6. The number of benzene rings is 3. The first-order chi connectivity index (χ1) is 19.5. The lowest BCUT2D eigenvalue weighted by molar-refractivity contribution is -0.123. The van der Waals surface area contributed by atoms with Gasteiger partial charge in [-0.2, -0.15) is 0 Å². The number of nitrogens with zero attached hydrogens (tertiary/aromatic N) is 2. The van der Waals surface area contributed by atoms with Crippen LogP contribution in [0.4, 0.5) is 0 Å². The topological polar surface area (TPSA) is 91.2 Å². The maximum absolute atomic E-state index is 13.9. The molecule has 0 radical (unpaired) electrons. The van der Waals surface area contributed by atoms with E-state index in [0.717, 1.165) is 34.6 Å². The molecule has 0 unspecified atom stereocenters. The van der Waals surface area contributed by atoms with Crippen LogP contribution in [0, 0.1) is 0 Å². The first-order valence-electron chi connectivity index (χ1n) is 13.2. The van der Waals surface area contributed by atoms with Gasteiger partial charge in [-0.05, 0) is 61.7 Å². The van der Waals surface area contributed by atoms with Crippen LogP contribution in [0.25, 0.3) is 38.1 Å². The van der Waals surface area contributed by atoms with E-state index in [0.29, 0.717) is 33.5 Å². The van der Waals surface area contributed by atoms with E-state index in [4.69, 9.17) is 14.2 Å². The molecule has 3 heterocycles. The standard InChI is InChI=1S/C32H29N3O5/c1-19(9-10-20-7-5-4-6-8-20)34-27(36)18-40-21-11-13-25-24(17-21)22-15-16-33-29-23-12-14-26(38-2)31(39-3)28(23)32(37)35(25)30(22)29/h4-8,11-17,19H,9-10,18H2,1-3H3,(H,34,36)/t19-/m0/s1. The summed E-state index contributed by atoms with van der Waals surface area (Å²) in [6.07, 6.45) is 3.46. The number of hydrogen-bond acceptors (Lipinski definition) is 6. The number of amides is 1. The number of ether oxygens (including phenoxy) is 3. The predicted octanol–water partition coefficient (Wildman–Crippen LogP) is 5.13. The van der Waals surface area contributed by atoms with Crippen LogP contribution < -0.4 is 25.1 Å². The second-order valence-corrected chi connectivity index (χ2v) is 9.88. The summed E-state index contributed by atoms with van der Waals surface area (Å²) in [7, 11) is 3.06. The number of hydrogen-bond donors (Lipinski definition) is 1. The molecule has 40 heavy (non-hydrogen) atoms. The molecule has 1 amide bonds. The smallest absolute Gasteiger partial charge is 0.267 e. The summed E-state index contributed by atoms with van der Waals surface area (Å²) in [5.74, 6) is 1.21. The largest absolute Gasteiger partial charge is 0.493 e. The molecule has 0 saturated carbocycles. The van der Waals surface area contributed by atoms with Crippen molar-refractivity contribution in [1.29, 1.82) is 0 Å². The van der Waals surface area contributed by atoms with Crippen molar-refractivity contribution in [3.05, 3.63) is 88.8 Å².